The van der Waals surface area contributed by atoms with Crippen LogP contribution in [0.1, 0.15) is 54.6 Å². The zero-order chi connectivity index (χ0) is 26.8. The van der Waals surface area contributed by atoms with Gasteiger partial charge in [0.1, 0.15) is 12.1 Å². The number of benzene rings is 2. The van der Waals surface area contributed by atoms with Gasteiger partial charge in [-0.1, -0.05) is 38.1 Å². The molecule has 1 aliphatic heterocycles. The van der Waals surface area contributed by atoms with Gasteiger partial charge < -0.3 is 19.9 Å². The van der Waals surface area contributed by atoms with Crippen molar-refractivity contribution in [3.05, 3.63) is 64.9 Å². The van der Waals surface area contributed by atoms with Gasteiger partial charge in [0.15, 0.2) is 6.29 Å². The minimum atomic E-state index is 0.0593. The fourth-order valence-electron chi connectivity index (χ4n) is 4.31. The number of amidine groups is 1. The van der Waals surface area contributed by atoms with Crippen LogP contribution < -0.4 is 5.32 Å². The smallest absolute Gasteiger partial charge is 0.250 e. The van der Waals surface area contributed by atoms with Crippen molar-refractivity contribution in [2.45, 2.75) is 33.1 Å². The van der Waals surface area contributed by atoms with Crippen molar-refractivity contribution in [2.24, 2.45) is 4.99 Å². The van der Waals surface area contributed by atoms with E-state index in [4.69, 9.17) is 0 Å². The lowest BCUT2D eigenvalue weighted by molar-refractivity contribution is -0.127. The molecule has 7 nitrogen and oxygen atoms in total. The summed E-state index contributed by atoms with van der Waals surface area (Å²) in [6.45, 7) is 5.92. The molecule has 0 saturated carbocycles. The number of nitrogens with zero attached hydrogens (tertiary/aromatic N) is 3. The summed E-state index contributed by atoms with van der Waals surface area (Å²) in [5.74, 6) is 0.797. The third kappa shape index (κ3) is 7.03. The summed E-state index contributed by atoms with van der Waals surface area (Å²) in [5, 5.41) is 3.42. The number of amides is 1. The Labute approximate surface area is 219 Å². The Balaban J connectivity index is 1.99. The third-order valence-electron chi connectivity index (χ3n) is 6.26. The summed E-state index contributed by atoms with van der Waals surface area (Å²) < 4.78 is 0. The average Bonchev–Trinajstić information content (AvgIpc) is 3.10. The Morgan fingerprint density at radius 3 is 2.38 bits per heavy atom. The van der Waals surface area contributed by atoms with E-state index in [-0.39, 0.29) is 12.5 Å². The lowest BCUT2D eigenvalue weighted by Gasteiger charge is -2.22. The summed E-state index contributed by atoms with van der Waals surface area (Å²) in [6.07, 6.45) is 9.52. The van der Waals surface area contributed by atoms with Gasteiger partial charge in [0, 0.05) is 50.4 Å². The largest absolute Gasteiger partial charge is 0.373 e. The third-order valence-corrected chi connectivity index (χ3v) is 6.26. The molecule has 0 saturated heterocycles. The van der Waals surface area contributed by atoms with Crippen molar-refractivity contribution in [3.63, 3.8) is 0 Å². The molecule has 0 bridgehead atoms. The summed E-state index contributed by atoms with van der Waals surface area (Å²) in [7, 11) is 3.53. The Morgan fingerprint density at radius 1 is 1.03 bits per heavy atom. The number of hydrogen-bond acceptors (Lipinski definition) is 5. The highest BCUT2D eigenvalue weighted by molar-refractivity contribution is 6.10. The molecule has 0 aliphatic carbocycles. The molecule has 1 aliphatic rings. The highest BCUT2D eigenvalue weighted by Gasteiger charge is 2.22. The van der Waals surface area contributed by atoms with Crippen LogP contribution in [-0.2, 0) is 9.59 Å². The molecule has 0 spiro atoms. The number of carbonyl (C=O) groups excluding carboxylic acids is 3. The molecular weight excluding hydrogens is 464 g/mol. The summed E-state index contributed by atoms with van der Waals surface area (Å²) in [5.41, 5.74) is 5.79. The normalized spacial score (nSPS) is 13.9. The van der Waals surface area contributed by atoms with E-state index in [9.17, 15) is 14.4 Å². The lowest BCUT2D eigenvalue weighted by atomic mass is 9.97. The Bertz CT molecular complexity index is 1220. The number of nitrogens with one attached hydrogen (secondary N) is 1. The molecule has 0 aromatic heterocycles. The first kappa shape index (κ1) is 27.6. The molecule has 1 N–H and O–H groups in total. The van der Waals surface area contributed by atoms with Crippen molar-refractivity contribution >= 4 is 42.2 Å². The quantitative estimate of drug-likeness (QED) is 0.432. The fourth-order valence-corrected chi connectivity index (χ4v) is 4.31. The van der Waals surface area contributed by atoms with Crippen molar-refractivity contribution in [3.8, 4) is 11.1 Å². The van der Waals surface area contributed by atoms with E-state index < -0.39 is 0 Å². The van der Waals surface area contributed by atoms with Crippen LogP contribution in [0.4, 0.5) is 5.69 Å². The number of rotatable bonds is 11. The summed E-state index contributed by atoms with van der Waals surface area (Å²) in [6, 6.07) is 11.7. The second-order valence-electron chi connectivity index (χ2n) is 9.12. The van der Waals surface area contributed by atoms with Gasteiger partial charge in [-0.05, 0) is 65.6 Å². The molecule has 1 heterocycles. The number of anilines is 1. The Kier molecular flexibility index (Phi) is 9.95. The number of likely N-dealkylation sites (N-methyl/N-ethyl adjacent to an activating group) is 1. The molecule has 3 rings (SSSR count). The molecule has 2 aromatic carbocycles. The first-order valence-corrected chi connectivity index (χ1v) is 12.7. The van der Waals surface area contributed by atoms with Crippen LogP contribution in [0.15, 0.2) is 53.2 Å². The predicted octanol–water partition coefficient (Wildman–Crippen LogP) is 5.14. The van der Waals surface area contributed by atoms with Gasteiger partial charge in [0.05, 0.1) is 6.54 Å². The number of fused-ring (bicyclic) bond motifs is 1. The molecule has 0 atom stereocenters. The molecule has 0 unspecified atom stereocenters. The van der Waals surface area contributed by atoms with Crippen LogP contribution >= 0.6 is 0 Å². The molecular formula is C30H36N4O3. The molecule has 7 heteroatoms. The summed E-state index contributed by atoms with van der Waals surface area (Å²) >= 11 is 0. The van der Waals surface area contributed by atoms with Gasteiger partial charge in [-0.2, -0.15) is 0 Å². The van der Waals surface area contributed by atoms with Crippen LogP contribution in [0, 0.1) is 0 Å². The van der Waals surface area contributed by atoms with Crippen LogP contribution in [0.3, 0.4) is 0 Å². The molecule has 0 fully saturated rings. The topological polar surface area (TPSA) is 82.1 Å². The van der Waals surface area contributed by atoms with Crippen molar-refractivity contribution in [2.75, 3.05) is 39.0 Å². The first-order valence-electron chi connectivity index (χ1n) is 12.7. The highest BCUT2D eigenvalue weighted by atomic mass is 16.2. The van der Waals surface area contributed by atoms with Gasteiger partial charge in [0.2, 0.25) is 5.91 Å². The summed E-state index contributed by atoms with van der Waals surface area (Å²) in [4.78, 5) is 43.8. The zero-order valence-corrected chi connectivity index (χ0v) is 22.2. The number of aldehydes is 2. The van der Waals surface area contributed by atoms with Gasteiger partial charge in [0.25, 0.3) is 0 Å². The maximum Gasteiger partial charge on any atom is 0.250 e. The van der Waals surface area contributed by atoms with E-state index in [0.29, 0.717) is 12.0 Å². The van der Waals surface area contributed by atoms with E-state index in [1.165, 1.54) is 0 Å². The number of aliphatic imine (C=N–C) groups is 1. The second-order valence-corrected chi connectivity index (χ2v) is 9.12. The Morgan fingerprint density at radius 2 is 1.73 bits per heavy atom. The first-order chi connectivity index (χ1) is 17.9. The van der Waals surface area contributed by atoms with E-state index in [2.05, 4.69) is 24.2 Å². The zero-order valence-electron chi connectivity index (χ0n) is 22.2. The highest BCUT2D eigenvalue weighted by Crippen LogP contribution is 2.31. The van der Waals surface area contributed by atoms with Gasteiger partial charge in [-0.3, -0.25) is 14.6 Å². The van der Waals surface area contributed by atoms with Crippen LogP contribution in [0.25, 0.3) is 23.3 Å². The van der Waals surface area contributed by atoms with E-state index >= 15 is 0 Å². The van der Waals surface area contributed by atoms with Gasteiger partial charge in [-0.25, -0.2) is 0 Å². The van der Waals surface area contributed by atoms with Crippen LogP contribution in [-0.4, -0.2) is 67.8 Å². The molecule has 1 amide bonds. The van der Waals surface area contributed by atoms with Crippen molar-refractivity contribution in [1.29, 1.82) is 0 Å². The molecule has 37 heavy (non-hydrogen) atoms. The molecule has 194 valence electrons. The SMILES string of the molecule is CCCN(CCC)C(=O)C1=Cc2ccc(-c3ccc(C=O)c(/C=C\N(C)CC=O)c3)cc2NC(=NC)C1. The lowest BCUT2D eigenvalue weighted by Crippen LogP contribution is -2.34. The maximum absolute atomic E-state index is 13.4. The van der Waals surface area contributed by atoms with Crippen molar-refractivity contribution < 1.29 is 14.4 Å². The van der Waals surface area contributed by atoms with Gasteiger partial charge >= 0.3 is 0 Å². The number of hydrogen-bond donors (Lipinski definition) is 1. The van der Waals surface area contributed by atoms with E-state index in [1.54, 1.807) is 31.3 Å². The monoisotopic (exact) mass is 500 g/mol. The molecule has 0 radical (unpaired) electrons. The van der Waals surface area contributed by atoms with Crippen molar-refractivity contribution in [1.82, 2.24) is 9.80 Å². The average molecular weight is 501 g/mol. The van der Waals surface area contributed by atoms with Gasteiger partial charge in [-0.15, -0.1) is 0 Å². The van der Waals surface area contributed by atoms with E-state index in [0.717, 1.165) is 77.9 Å². The van der Waals surface area contributed by atoms with Crippen LogP contribution in [0.2, 0.25) is 0 Å². The predicted molar refractivity (Wildman–Crippen MR) is 152 cm³/mol. The fraction of sp³-hybridized carbons (Fsp3) is 0.333. The maximum atomic E-state index is 13.4. The van der Waals surface area contributed by atoms with E-state index in [1.807, 2.05) is 47.4 Å². The minimum Gasteiger partial charge on any atom is -0.373 e. The Hall–Kier alpha value is -4.00. The minimum absolute atomic E-state index is 0.0593. The standard InChI is InChI=1S/C30H36N4O3/c1-5-12-34(13-6-2)30(37)27-18-25-9-7-23(19-28(25)32-29(20-27)31-3)22-8-10-26(21-36)24(17-22)11-14-33(4)15-16-35/h7-11,14,16-19,21H,5-6,12-13,15,20H2,1-4H3,(H,31,32)/b14-11-. The second kappa shape index (κ2) is 13.3. The van der Waals surface area contributed by atoms with Crippen LogP contribution in [0.5, 0.6) is 0 Å². The number of carbonyl (C=O) groups is 3. The molecule has 2 aromatic rings.